The Morgan fingerprint density at radius 2 is 1.95 bits per heavy atom. The molecule has 2 rings (SSSR count). The molecule has 106 valence electrons. The summed E-state index contributed by atoms with van der Waals surface area (Å²) < 4.78 is 38.0. The molecule has 0 saturated carbocycles. The van der Waals surface area contributed by atoms with E-state index < -0.39 is 12.1 Å². The summed E-state index contributed by atoms with van der Waals surface area (Å²) in [6.07, 6.45) is -3.15. The van der Waals surface area contributed by atoms with Crippen LogP contribution in [0.2, 0.25) is 0 Å². The number of benzene rings is 1. The largest absolute Gasteiger partial charge is 0.393 e. The number of hydrogen-bond donors (Lipinski definition) is 1. The van der Waals surface area contributed by atoms with Crippen LogP contribution < -0.4 is 5.32 Å². The third-order valence-corrected chi connectivity index (χ3v) is 3.50. The number of nitrogens with one attached hydrogen (secondary N) is 1. The van der Waals surface area contributed by atoms with Gasteiger partial charge in [0.15, 0.2) is 0 Å². The third kappa shape index (κ3) is 4.42. The minimum atomic E-state index is -4.05. The minimum Gasteiger partial charge on any atom is -0.384 e. The monoisotopic (exact) mass is 272 g/mol. The summed E-state index contributed by atoms with van der Waals surface area (Å²) in [5.41, 5.74) is 1.01. The van der Waals surface area contributed by atoms with E-state index in [4.69, 9.17) is 0 Å². The van der Waals surface area contributed by atoms with E-state index in [0.717, 1.165) is 12.2 Å². The number of halogens is 3. The van der Waals surface area contributed by atoms with Crippen molar-refractivity contribution in [3.05, 3.63) is 30.3 Å². The molecule has 1 atom stereocenters. The summed E-state index contributed by atoms with van der Waals surface area (Å²) in [5.74, 6) is -1.15. The summed E-state index contributed by atoms with van der Waals surface area (Å²) in [6, 6.07) is 9.71. The first-order valence-electron chi connectivity index (χ1n) is 6.64. The first-order chi connectivity index (χ1) is 9.05. The fraction of sp³-hybridized carbons (Fsp3) is 0.571. The van der Waals surface area contributed by atoms with Crippen molar-refractivity contribution in [1.82, 2.24) is 4.90 Å². The van der Waals surface area contributed by atoms with Crippen molar-refractivity contribution in [2.75, 3.05) is 31.5 Å². The van der Waals surface area contributed by atoms with Crippen molar-refractivity contribution >= 4 is 5.69 Å². The zero-order valence-corrected chi connectivity index (χ0v) is 10.8. The molecular formula is C14H19F3N2. The van der Waals surface area contributed by atoms with Crippen LogP contribution in [0.25, 0.3) is 0 Å². The van der Waals surface area contributed by atoms with Crippen LogP contribution in [-0.4, -0.2) is 37.3 Å². The van der Waals surface area contributed by atoms with Crippen molar-refractivity contribution in [1.29, 1.82) is 0 Å². The highest BCUT2D eigenvalue weighted by Gasteiger charge is 2.41. The molecule has 0 bridgehead atoms. The number of nitrogens with zero attached hydrogens (tertiary/aromatic N) is 1. The number of hydrogen-bond acceptors (Lipinski definition) is 2. The van der Waals surface area contributed by atoms with Gasteiger partial charge in [0.05, 0.1) is 5.92 Å². The molecular weight excluding hydrogens is 253 g/mol. The molecule has 1 fully saturated rings. The van der Waals surface area contributed by atoms with Gasteiger partial charge in [-0.15, -0.1) is 0 Å². The fourth-order valence-electron chi connectivity index (χ4n) is 2.44. The Balaban J connectivity index is 1.74. The number of rotatable bonds is 4. The summed E-state index contributed by atoms with van der Waals surface area (Å²) in [5, 5.41) is 3.22. The van der Waals surface area contributed by atoms with Crippen molar-refractivity contribution in [3.8, 4) is 0 Å². The fourth-order valence-corrected chi connectivity index (χ4v) is 2.44. The van der Waals surface area contributed by atoms with Crippen molar-refractivity contribution in [2.24, 2.45) is 5.92 Å². The molecule has 19 heavy (non-hydrogen) atoms. The average molecular weight is 272 g/mol. The molecule has 0 radical (unpaired) electrons. The van der Waals surface area contributed by atoms with Gasteiger partial charge in [0.1, 0.15) is 0 Å². The summed E-state index contributed by atoms with van der Waals surface area (Å²) in [6.45, 7) is 2.24. The van der Waals surface area contributed by atoms with E-state index in [9.17, 15) is 13.2 Å². The predicted octanol–water partition coefficient (Wildman–Crippen LogP) is 3.37. The van der Waals surface area contributed by atoms with Crippen LogP contribution in [0.3, 0.4) is 0 Å². The van der Waals surface area contributed by atoms with E-state index in [-0.39, 0.29) is 13.0 Å². The molecule has 0 amide bonds. The molecule has 1 saturated heterocycles. The van der Waals surface area contributed by atoms with Crippen molar-refractivity contribution < 1.29 is 13.2 Å². The smallest absolute Gasteiger partial charge is 0.384 e. The molecule has 1 aromatic rings. The molecule has 0 aromatic heterocycles. The minimum absolute atomic E-state index is 0.139. The molecule has 1 aliphatic rings. The number of alkyl halides is 3. The van der Waals surface area contributed by atoms with Gasteiger partial charge in [0.25, 0.3) is 0 Å². The van der Waals surface area contributed by atoms with Crippen LogP contribution in [0.4, 0.5) is 18.9 Å². The molecule has 5 heteroatoms. The van der Waals surface area contributed by atoms with Gasteiger partial charge in [0, 0.05) is 25.3 Å². The van der Waals surface area contributed by atoms with E-state index >= 15 is 0 Å². The quantitative estimate of drug-likeness (QED) is 0.904. The number of anilines is 1. The van der Waals surface area contributed by atoms with Gasteiger partial charge in [-0.1, -0.05) is 18.2 Å². The Kier molecular flexibility index (Phi) is 4.69. The van der Waals surface area contributed by atoms with Crippen LogP contribution in [0.1, 0.15) is 12.8 Å². The van der Waals surface area contributed by atoms with E-state index in [2.05, 4.69) is 5.32 Å². The number of piperidine rings is 1. The van der Waals surface area contributed by atoms with E-state index in [1.165, 1.54) is 0 Å². The topological polar surface area (TPSA) is 15.3 Å². The van der Waals surface area contributed by atoms with Gasteiger partial charge in [-0.3, -0.25) is 0 Å². The molecule has 0 aliphatic carbocycles. The van der Waals surface area contributed by atoms with Crippen LogP contribution in [0.15, 0.2) is 30.3 Å². The maximum Gasteiger partial charge on any atom is 0.393 e. The SMILES string of the molecule is FC(F)(F)C1CCCN(CCNc2ccccc2)C1. The van der Waals surface area contributed by atoms with Crippen LogP contribution >= 0.6 is 0 Å². The van der Waals surface area contributed by atoms with Gasteiger partial charge in [-0.05, 0) is 31.5 Å². The lowest BCUT2D eigenvalue weighted by atomic mass is 9.97. The van der Waals surface area contributed by atoms with E-state index in [1.807, 2.05) is 35.2 Å². The predicted molar refractivity (Wildman–Crippen MR) is 70.2 cm³/mol. The molecule has 1 aromatic carbocycles. The second-order valence-corrected chi connectivity index (χ2v) is 4.97. The van der Waals surface area contributed by atoms with Crippen LogP contribution in [0, 0.1) is 5.92 Å². The average Bonchev–Trinajstić information content (AvgIpc) is 2.39. The highest BCUT2D eigenvalue weighted by molar-refractivity contribution is 5.42. The molecule has 1 heterocycles. The second-order valence-electron chi connectivity index (χ2n) is 4.97. The van der Waals surface area contributed by atoms with Gasteiger partial charge >= 0.3 is 6.18 Å². The summed E-state index contributed by atoms with van der Waals surface area (Å²) in [4.78, 5) is 1.90. The Hall–Kier alpha value is -1.23. The van der Waals surface area contributed by atoms with Crippen LogP contribution in [-0.2, 0) is 0 Å². The molecule has 1 aliphatic heterocycles. The lowest BCUT2D eigenvalue weighted by molar-refractivity contribution is -0.186. The number of para-hydroxylation sites is 1. The van der Waals surface area contributed by atoms with Gasteiger partial charge in [-0.25, -0.2) is 0 Å². The lowest BCUT2D eigenvalue weighted by Crippen LogP contribution is -2.43. The van der Waals surface area contributed by atoms with Gasteiger partial charge in [-0.2, -0.15) is 13.2 Å². The molecule has 2 nitrogen and oxygen atoms in total. The Morgan fingerprint density at radius 1 is 1.21 bits per heavy atom. The highest BCUT2D eigenvalue weighted by atomic mass is 19.4. The third-order valence-electron chi connectivity index (χ3n) is 3.50. The Morgan fingerprint density at radius 3 is 2.63 bits per heavy atom. The Bertz CT molecular complexity index is 378. The summed E-state index contributed by atoms with van der Waals surface area (Å²) >= 11 is 0. The van der Waals surface area contributed by atoms with Crippen molar-refractivity contribution in [2.45, 2.75) is 19.0 Å². The number of likely N-dealkylation sites (tertiary alicyclic amines) is 1. The first-order valence-corrected chi connectivity index (χ1v) is 6.64. The maximum absolute atomic E-state index is 12.7. The normalized spacial score (nSPS) is 21.3. The van der Waals surface area contributed by atoms with Crippen molar-refractivity contribution in [3.63, 3.8) is 0 Å². The van der Waals surface area contributed by atoms with E-state index in [1.54, 1.807) is 0 Å². The van der Waals surface area contributed by atoms with E-state index in [0.29, 0.717) is 19.5 Å². The zero-order valence-electron chi connectivity index (χ0n) is 10.8. The maximum atomic E-state index is 12.7. The zero-order chi connectivity index (χ0) is 13.7. The molecule has 1 unspecified atom stereocenters. The van der Waals surface area contributed by atoms with Gasteiger partial charge < -0.3 is 10.2 Å². The van der Waals surface area contributed by atoms with Gasteiger partial charge in [0.2, 0.25) is 0 Å². The van der Waals surface area contributed by atoms with Crippen LogP contribution in [0.5, 0.6) is 0 Å². The highest BCUT2D eigenvalue weighted by Crippen LogP contribution is 2.32. The second kappa shape index (κ2) is 6.28. The lowest BCUT2D eigenvalue weighted by Gasteiger charge is -2.33. The molecule has 0 spiro atoms. The first kappa shape index (κ1) is 14.2. The summed E-state index contributed by atoms with van der Waals surface area (Å²) in [7, 11) is 0. The Labute approximate surface area is 111 Å². The molecule has 1 N–H and O–H groups in total. The standard InChI is InChI=1S/C14H19F3N2/c15-14(16,17)12-5-4-9-19(11-12)10-8-18-13-6-2-1-3-7-13/h1-3,6-7,12,18H,4-5,8-11H2.